The predicted octanol–water partition coefficient (Wildman–Crippen LogP) is 3.56. The number of amides is 1. The van der Waals surface area contributed by atoms with E-state index in [4.69, 9.17) is 0 Å². The van der Waals surface area contributed by atoms with Gasteiger partial charge < -0.3 is 15.1 Å². The summed E-state index contributed by atoms with van der Waals surface area (Å²) in [5.41, 5.74) is 2.16. The number of anilines is 1. The molecule has 0 fully saturated rings. The third kappa shape index (κ3) is 3.45. The molecule has 0 spiro atoms. The van der Waals surface area contributed by atoms with Gasteiger partial charge in [-0.1, -0.05) is 20.8 Å². The molecule has 1 aromatic carbocycles. The Bertz CT molecular complexity index is 994. The molecule has 0 aliphatic carbocycles. The van der Waals surface area contributed by atoms with Gasteiger partial charge in [0.15, 0.2) is 5.65 Å². The van der Waals surface area contributed by atoms with Crippen LogP contribution in [0.4, 0.5) is 5.69 Å². The third-order valence-electron chi connectivity index (χ3n) is 4.56. The molecular formula is C20H24N4O3. The molecule has 0 aliphatic heterocycles. The Morgan fingerprint density at radius 3 is 2.59 bits per heavy atom. The minimum absolute atomic E-state index is 0.0143. The first kappa shape index (κ1) is 18.7. The van der Waals surface area contributed by atoms with Crippen molar-refractivity contribution in [3.63, 3.8) is 0 Å². The lowest BCUT2D eigenvalue weighted by Gasteiger charge is -2.23. The number of nitrogens with zero attached hydrogens (tertiary/aromatic N) is 4. The van der Waals surface area contributed by atoms with Crippen LogP contribution < -0.4 is 4.90 Å². The monoisotopic (exact) mass is 368 g/mol. The van der Waals surface area contributed by atoms with Crippen molar-refractivity contribution in [2.45, 2.75) is 33.1 Å². The second-order valence-corrected chi connectivity index (χ2v) is 6.91. The van der Waals surface area contributed by atoms with Crippen molar-refractivity contribution < 1.29 is 15.0 Å². The van der Waals surface area contributed by atoms with E-state index in [1.165, 1.54) is 6.07 Å². The lowest BCUT2D eigenvalue weighted by molar-refractivity contribution is 0.0984. The topological polar surface area (TPSA) is 91.5 Å². The summed E-state index contributed by atoms with van der Waals surface area (Å²) in [4.78, 5) is 19.2. The van der Waals surface area contributed by atoms with Crippen molar-refractivity contribution in [3.05, 3.63) is 41.7 Å². The van der Waals surface area contributed by atoms with E-state index >= 15 is 0 Å². The Hall–Kier alpha value is -3.09. The number of phenolic OH excluding ortho intramolecular Hbond substituents is 2. The molecule has 2 aromatic heterocycles. The minimum Gasteiger partial charge on any atom is -0.508 e. The van der Waals surface area contributed by atoms with Crippen molar-refractivity contribution in [2.24, 2.45) is 7.05 Å². The number of aromatic hydroxyl groups is 2. The standard InChI is InChI=1S/C20H24N4O3/c1-5-6-24(14-7-13-10-22-23(4)19(13)21-11-14)20(27)16-8-15(12(2)3)17(25)9-18(16)26/h7-12,25-26H,5-6H2,1-4H3. The molecule has 27 heavy (non-hydrogen) atoms. The number of hydrogen-bond donors (Lipinski definition) is 2. The summed E-state index contributed by atoms with van der Waals surface area (Å²) >= 11 is 0. The molecule has 2 heterocycles. The summed E-state index contributed by atoms with van der Waals surface area (Å²) in [6.45, 7) is 6.30. The number of fused-ring (bicyclic) bond motifs is 1. The van der Waals surface area contributed by atoms with Gasteiger partial charge in [-0.05, 0) is 30.0 Å². The summed E-state index contributed by atoms with van der Waals surface area (Å²) in [6, 6.07) is 4.66. The van der Waals surface area contributed by atoms with Crippen LogP contribution in [0.2, 0.25) is 0 Å². The highest BCUT2D eigenvalue weighted by Gasteiger charge is 2.23. The summed E-state index contributed by atoms with van der Waals surface area (Å²) in [5.74, 6) is -0.565. The highest BCUT2D eigenvalue weighted by molar-refractivity contribution is 6.08. The average Bonchev–Trinajstić information content (AvgIpc) is 2.99. The molecule has 0 saturated carbocycles. The van der Waals surface area contributed by atoms with Crippen molar-refractivity contribution in [1.29, 1.82) is 0 Å². The molecule has 0 radical (unpaired) electrons. The molecule has 7 nitrogen and oxygen atoms in total. The van der Waals surface area contributed by atoms with Gasteiger partial charge in [0.25, 0.3) is 5.91 Å². The lowest BCUT2D eigenvalue weighted by Crippen LogP contribution is -2.32. The summed E-state index contributed by atoms with van der Waals surface area (Å²) in [5, 5.41) is 25.3. The first-order chi connectivity index (χ1) is 12.8. The first-order valence-corrected chi connectivity index (χ1v) is 8.99. The molecule has 142 valence electrons. The van der Waals surface area contributed by atoms with Crippen molar-refractivity contribution >= 4 is 22.6 Å². The maximum atomic E-state index is 13.2. The Morgan fingerprint density at radius 1 is 1.19 bits per heavy atom. The number of carbonyl (C=O) groups excluding carboxylic acids is 1. The zero-order chi connectivity index (χ0) is 19.7. The van der Waals surface area contributed by atoms with Gasteiger partial charge in [-0.3, -0.25) is 9.48 Å². The highest BCUT2D eigenvalue weighted by Crippen LogP contribution is 2.33. The molecule has 1 amide bonds. The van der Waals surface area contributed by atoms with Crippen LogP contribution in [0, 0.1) is 0 Å². The number of carbonyl (C=O) groups is 1. The van der Waals surface area contributed by atoms with Crippen LogP contribution >= 0.6 is 0 Å². The Balaban J connectivity index is 2.06. The van der Waals surface area contributed by atoms with E-state index in [9.17, 15) is 15.0 Å². The number of pyridine rings is 1. The van der Waals surface area contributed by atoms with Crippen LogP contribution in [0.5, 0.6) is 11.5 Å². The molecule has 0 unspecified atom stereocenters. The quantitative estimate of drug-likeness (QED) is 0.718. The van der Waals surface area contributed by atoms with E-state index in [1.807, 2.05) is 33.9 Å². The van der Waals surface area contributed by atoms with Crippen molar-refractivity contribution in [1.82, 2.24) is 14.8 Å². The van der Waals surface area contributed by atoms with Gasteiger partial charge in [0.2, 0.25) is 0 Å². The van der Waals surface area contributed by atoms with Crippen LogP contribution in [0.1, 0.15) is 49.0 Å². The predicted molar refractivity (Wildman–Crippen MR) is 104 cm³/mol. The largest absolute Gasteiger partial charge is 0.508 e. The van der Waals surface area contributed by atoms with Gasteiger partial charge >= 0.3 is 0 Å². The van der Waals surface area contributed by atoms with E-state index in [0.717, 1.165) is 17.5 Å². The van der Waals surface area contributed by atoms with E-state index in [2.05, 4.69) is 10.1 Å². The molecule has 7 heteroatoms. The number of phenols is 2. The molecule has 0 saturated heterocycles. The van der Waals surface area contributed by atoms with Crippen LogP contribution in [-0.4, -0.2) is 37.4 Å². The van der Waals surface area contributed by atoms with Gasteiger partial charge in [0.1, 0.15) is 11.5 Å². The van der Waals surface area contributed by atoms with Crippen molar-refractivity contribution in [3.8, 4) is 11.5 Å². The zero-order valence-corrected chi connectivity index (χ0v) is 16.0. The van der Waals surface area contributed by atoms with Crippen LogP contribution in [0.3, 0.4) is 0 Å². The van der Waals surface area contributed by atoms with Crippen molar-refractivity contribution in [2.75, 3.05) is 11.4 Å². The van der Waals surface area contributed by atoms with E-state index in [1.54, 1.807) is 28.0 Å². The lowest BCUT2D eigenvalue weighted by atomic mass is 9.98. The Kier molecular flexibility index (Phi) is 5.03. The van der Waals surface area contributed by atoms with Gasteiger partial charge in [-0.25, -0.2) is 4.98 Å². The Labute approximate surface area is 157 Å². The third-order valence-corrected chi connectivity index (χ3v) is 4.56. The summed E-state index contributed by atoms with van der Waals surface area (Å²) < 4.78 is 1.67. The highest BCUT2D eigenvalue weighted by atomic mass is 16.3. The molecule has 2 N–H and O–H groups in total. The van der Waals surface area contributed by atoms with Gasteiger partial charge in [0, 0.05) is 25.0 Å². The average molecular weight is 368 g/mol. The second kappa shape index (κ2) is 7.26. The fourth-order valence-electron chi connectivity index (χ4n) is 3.12. The maximum Gasteiger partial charge on any atom is 0.262 e. The van der Waals surface area contributed by atoms with Crippen LogP contribution in [-0.2, 0) is 7.05 Å². The minimum atomic E-state index is -0.332. The summed E-state index contributed by atoms with van der Waals surface area (Å²) in [7, 11) is 1.81. The van der Waals surface area contributed by atoms with E-state index < -0.39 is 0 Å². The molecule has 0 bridgehead atoms. The second-order valence-electron chi connectivity index (χ2n) is 6.91. The first-order valence-electron chi connectivity index (χ1n) is 8.99. The molecule has 3 rings (SSSR count). The van der Waals surface area contributed by atoms with Gasteiger partial charge in [0.05, 0.1) is 23.6 Å². The number of rotatable bonds is 5. The van der Waals surface area contributed by atoms with Gasteiger partial charge in [-0.15, -0.1) is 0 Å². The normalized spacial score (nSPS) is 11.3. The number of aryl methyl sites for hydroxylation is 1. The number of benzene rings is 1. The van der Waals surface area contributed by atoms with Gasteiger partial charge in [-0.2, -0.15) is 5.10 Å². The summed E-state index contributed by atoms with van der Waals surface area (Å²) in [6.07, 6.45) is 4.08. The molecule has 0 atom stereocenters. The molecule has 3 aromatic rings. The fourth-order valence-corrected chi connectivity index (χ4v) is 3.12. The fraction of sp³-hybridized carbons (Fsp3) is 0.350. The SMILES string of the molecule is CCCN(C(=O)c1cc(C(C)C)c(O)cc1O)c1cnc2c(cnn2C)c1. The number of aromatic nitrogens is 3. The van der Waals surface area contributed by atoms with E-state index in [0.29, 0.717) is 17.8 Å². The van der Waals surface area contributed by atoms with E-state index in [-0.39, 0.29) is 28.9 Å². The zero-order valence-electron chi connectivity index (χ0n) is 16.0. The van der Waals surface area contributed by atoms with Crippen LogP contribution in [0.15, 0.2) is 30.6 Å². The molecule has 0 aliphatic rings. The Morgan fingerprint density at radius 2 is 1.93 bits per heavy atom. The molecular weight excluding hydrogens is 344 g/mol. The van der Waals surface area contributed by atoms with Crippen LogP contribution in [0.25, 0.3) is 11.0 Å². The maximum absolute atomic E-state index is 13.2. The smallest absolute Gasteiger partial charge is 0.262 e. The number of hydrogen-bond acceptors (Lipinski definition) is 5.